The molecule has 0 aliphatic heterocycles. The number of aryl methyl sites for hydroxylation is 1. The number of rotatable bonds is 11. The van der Waals surface area contributed by atoms with E-state index in [0.717, 1.165) is 17.7 Å². The molecular formula is C100H58F10O2. The van der Waals surface area contributed by atoms with E-state index in [1.54, 1.807) is 140 Å². The van der Waals surface area contributed by atoms with Crippen molar-refractivity contribution in [2.24, 2.45) is 0 Å². The average Bonchev–Trinajstić information content (AvgIpc) is 1.27. The van der Waals surface area contributed by atoms with Gasteiger partial charge in [-0.25, -0.2) is 17.6 Å². The Labute approximate surface area is 640 Å². The predicted octanol–water partition coefficient (Wildman–Crippen LogP) is 23.1. The summed E-state index contributed by atoms with van der Waals surface area (Å²) in [5.74, 6) is 22.5. The highest BCUT2D eigenvalue weighted by atomic mass is 19.4. The summed E-state index contributed by atoms with van der Waals surface area (Å²) in [4.78, 5) is 15.9. The third-order valence-corrected chi connectivity index (χ3v) is 19.7. The van der Waals surface area contributed by atoms with Crippen molar-refractivity contribution >= 4 is 50.4 Å². The van der Waals surface area contributed by atoms with E-state index in [-0.39, 0.29) is 50.3 Å². The Morgan fingerprint density at radius 1 is 0.259 bits per heavy atom. The summed E-state index contributed by atoms with van der Waals surface area (Å²) in [6, 6.07) is 82.0. The number of hydrogen-bond donors (Lipinski definition) is 1. The third kappa shape index (κ3) is 15.2. The lowest BCUT2D eigenvalue weighted by atomic mass is 9.68. The molecule has 0 aromatic heterocycles. The Bertz CT molecular complexity index is 6170. The van der Waals surface area contributed by atoms with E-state index < -0.39 is 52.7 Å². The number of benzene rings is 13. The molecular weight excluding hydrogens is 1420 g/mol. The van der Waals surface area contributed by atoms with E-state index in [4.69, 9.17) is 0 Å². The van der Waals surface area contributed by atoms with E-state index in [1.807, 2.05) is 31.2 Å². The van der Waals surface area contributed by atoms with Crippen LogP contribution in [0.25, 0.3) is 44.6 Å². The lowest BCUT2D eigenvalue weighted by Gasteiger charge is -2.38. The van der Waals surface area contributed by atoms with E-state index in [2.05, 4.69) is 47.4 Å². The number of ketones is 1. The van der Waals surface area contributed by atoms with Gasteiger partial charge in [-0.3, -0.25) is 4.79 Å². The van der Waals surface area contributed by atoms with Gasteiger partial charge in [0.1, 0.15) is 34.8 Å². The van der Waals surface area contributed by atoms with Crippen molar-refractivity contribution < 1.29 is 53.8 Å². The van der Waals surface area contributed by atoms with Gasteiger partial charge in [0.2, 0.25) is 0 Å². The third-order valence-electron chi connectivity index (χ3n) is 19.7. The summed E-state index contributed by atoms with van der Waals surface area (Å²) in [7, 11) is 0. The zero-order valence-electron chi connectivity index (χ0n) is 59.3. The largest absolute Gasteiger partial charge is 0.416 e. The van der Waals surface area contributed by atoms with Crippen molar-refractivity contribution in [2.75, 3.05) is 0 Å². The average molecular weight is 1480 g/mol. The molecule has 540 valence electrons. The monoisotopic (exact) mass is 1480 g/mol. The van der Waals surface area contributed by atoms with Crippen molar-refractivity contribution in [3.8, 4) is 47.4 Å². The van der Waals surface area contributed by atoms with Crippen LogP contribution in [0.4, 0.5) is 43.9 Å². The number of alkyl halides is 6. The molecule has 0 amide bonds. The maximum Gasteiger partial charge on any atom is 0.416 e. The Kier molecular flexibility index (Phi) is 20.3. The molecule has 0 fully saturated rings. The van der Waals surface area contributed by atoms with Crippen molar-refractivity contribution in [3.05, 3.63) is 462 Å². The van der Waals surface area contributed by atoms with Gasteiger partial charge in [-0.05, 0) is 237 Å². The standard InChI is InChI=1S/C100H58F10O2/c1-63-7-33-72(34-8-63)88-89(93(77-37-19-65(20-38-77)10-14-69-27-57-85(102)58-28-69)96(111)92(88)76-35-17-64(18-36-76)9-13-68-25-55-84(101)56-26-68)73-43-49-81(50-44-73)98(100(108,109)110,80-5-3-2-4-6-80)82-51-45-74(46-52-82)90-91(75-47-53-83(54-48-75)99(105,106)107)95(79-41-23-67(24-42-79)12-16-71-31-61-87(104)62-32-71)97(112)94(90)78-39-21-66(22-40-78)11-15-70-29-59-86(103)60-30-70/h2-8,17-62,97,112H,1H3. The Balaban J connectivity index is 0.890. The van der Waals surface area contributed by atoms with Gasteiger partial charge < -0.3 is 5.11 Å². The topological polar surface area (TPSA) is 37.3 Å². The Morgan fingerprint density at radius 2 is 0.482 bits per heavy atom. The first-order valence-corrected chi connectivity index (χ1v) is 35.4. The second-order valence-corrected chi connectivity index (χ2v) is 26.9. The molecule has 0 spiro atoms. The zero-order chi connectivity index (χ0) is 77.8. The lowest BCUT2D eigenvalue weighted by Crippen LogP contribution is -2.44. The fraction of sp³-hybridized carbons (Fsp3) is 0.0500. The second kappa shape index (κ2) is 30.9. The number of aliphatic hydroxyl groups excluding tert-OH is 1. The van der Waals surface area contributed by atoms with Crippen molar-refractivity contribution in [3.63, 3.8) is 0 Å². The molecule has 2 aliphatic rings. The quantitative estimate of drug-likeness (QED) is 0.0796. The van der Waals surface area contributed by atoms with Crippen LogP contribution in [-0.2, 0) is 16.4 Å². The van der Waals surface area contributed by atoms with E-state index in [1.165, 1.54) is 146 Å². The van der Waals surface area contributed by atoms with Crippen LogP contribution in [0.2, 0.25) is 0 Å². The van der Waals surface area contributed by atoms with Gasteiger partial charge in [-0.2, -0.15) is 26.3 Å². The number of hydrogen-bond acceptors (Lipinski definition) is 2. The molecule has 2 nitrogen and oxygen atoms in total. The first kappa shape index (κ1) is 73.5. The molecule has 0 saturated carbocycles. The van der Waals surface area contributed by atoms with E-state index >= 15 is 18.0 Å². The van der Waals surface area contributed by atoms with E-state index in [0.29, 0.717) is 106 Å². The first-order chi connectivity index (χ1) is 54.1. The maximum atomic E-state index is 17.6. The fourth-order valence-corrected chi connectivity index (χ4v) is 14.2. The first-order valence-electron chi connectivity index (χ1n) is 35.4. The van der Waals surface area contributed by atoms with Gasteiger partial charge in [-0.15, -0.1) is 0 Å². The number of aliphatic hydroxyl groups is 1. The molecule has 0 heterocycles. The van der Waals surface area contributed by atoms with Crippen LogP contribution in [0.3, 0.4) is 0 Å². The van der Waals surface area contributed by atoms with Crippen LogP contribution in [0.15, 0.2) is 322 Å². The molecule has 1 N–H and O–H groups in total. The highest BCUT2D eigenvalue weighted by Crippen LogP contribution is 2.56. The summed E-state index contributed by atoms with van der Waals surface area (Å²) in [5.41, 5.74) is 7.08. The molecule has 2 unspecified atom stereocenters. The van der Waals surface area contributed by atoms with Crippen molar-refractivity contribution in [1.82, 2.24) is 0 Å². The highest BCUT2D eigenvalue weighted by Gasteiger charge is 2.58. The fourth-order valence-electron chi connectivity index (χ4n) is 14.2. The molecule has 12 heteroatoms. The summed E-state index contributed by atoms with van der Waals surface area (Å²) in [6.45, 7) is 1.93. The maximum absolute atomic E-state index is 17.6. The van der Waals surface area contributed by atoms with Crippen molar-refractivity contribution in [1.29, 1.82) is 0 Å². The van der Waals surface area contributed by atoms with Gasteiger partial charge in [0.25, 0.3) is 0 Å². The van der Waals surface area contributed by atoms with Gasteiger partial charge >= 0.3 is 12.4 Å². The van der Waals surface area contributed by atoms with E-state index in [9.17, 15) is 35.8 Å². The van der Waals surface area contributed by atoms with Crippen LogP contribution in [0.1, 0.15) is 117 Å². The minimum atomic E-state index is -5.11. The van der Waals surface area contributed by atoms with Crippen molar-refractivity contribution in [2.45, 2.75) is 30.8 Å². The van der Waals surface area contributed by atoms with Gasteiger partial charge in [-0.1, -0.05) is 217 Å². The SMILES string of the molecule is Cc1ccc(C2=C(c3ccc(C#Cc4ccc(F)cc4)cc3)C(=O)C(c3ccc(C#Cc4ccc(F)cc4)cc3)=C2c2ccc(C(c3ccccc3)(c3ccc(C4=C(c5ccc(C#Cc6ccc(F)cc6)cc5)C(O)C(c5ccc(C#Cc6ccc(F)cc6)cc5)=C4c4ccc(C(F)(F)F)cc4)cc3)C(F)(F)F)cc2)cc1. The summed E-state index contributed by atoms with van der Waals surface area (Å²) >= 11 is 0. The molecule has 0 saturated heterocycles. The number of halogens is 10. The van der Waals surface area contributed by atoms with Crippen LogP contribution >= 0.6 is 0 Å². The molecule has 112 heavy (non-hydrogen) atoms. The molecule has 2 atom stereocenters. The normalized spacial score (nSPS) is 14.0. The minimum Gasteiger partial charge on any atom is -0.384 e. The van der Waals surface area contributed by atoms with Crippen LogP contribution in [0.5, 0.6) is 0 Å². The minimum absolute atomic E-state index is 0.146. The highest BCUT2D eigenvalue weighted by molar-refractivity contribution is 6.59. The molecule has 0 bridgehead atoms. The molecule has 0 radical (unpaired) electrons. The smallest absolute Gasteiger partial charge is 0.384 e. The predicted molar refractivity (Wildman–Crippen MR) is 421 cm³/mol. The van der Waals surface area contributed by atoms with Gasteiger partial charge in [0.15, 0.2) is 5.78 Å². The molecule has 2 aliphatic carbocycles. The summed E-state index contributed by atoms with van der Waals surface area (Å²) in [6.07, 6.45) is -11.4. The molecule has 13 aromatic carbocycles. The molecule has 13 aromatic rings. The van der Waals surface area contributed by atoms with Gasteiger partial charge in [0, 0.05) is 77.9 Å². The summed E-state index contributed by atoms with van der Waals surface area (Å²) in [5, 5.41) is 13.2. The molecule has 15 rings (SSSR count). The number of Topliss-reactive ketones (excluding diaryl/α,β-unsaturated/α-hetero) is 1. The zero-order valence-corrected chi connectivity index (χ0v) is 59.3. The second-order valence-electron chi connectivity index (χ2n) is 26.9. The van der Waals surface area contributed by atoms with Crippen LogP contribution in [-0.4, -0.2) is 23.2 Å². The van der Waals surface area contributed by atoms with Crippen LogP contribution in [0, 0.1) is 77.6 Å². The van der Waals surface area contributed by atoms with Crippen LogP contribution < -0.4 is 0 Å². The number of carbonyl (C=O) groups excluding carboxylic acids is 1. The number of allylic oxidation sites excluding steroid dienone is 6. The van der Waals surface area contributed by atoms with Gasteiger partial charge in [0.05, 0.1) is 5.56 Å². The summed E-state index contributed by atoms with van der Waals surface area (Å²) < 4.78 is 152. The number of carbonyl (C=O) groups is 1. The Morgan fingerprint density at radius 3 is 0.759 bits per heavy atom. The lowest BCUT2D eigenvalue weighted by molar-refractivity contribution is -0.166. The Hall–Kier alpha value is -14.0.